The van der Waals surface area contributed by atoms with Gasteiger partial charge in [0, 0.05) is 36.9 Å². The molecule has 1 heterocycles. The third kappa shape index (κ3) is 4.84. The van der Waals surface area contributed by atoms with Crippen molar-refractivity contribution in [1.82, 2.24) is 9.62 Å². The van der Waals surface area contributed by atoms with Crippen LogP contribution in [0.5, 0.6) is 0 Å². The van der Waals surface area contributed by atoms with Crippen LogP contribution < -0.4 is 9.62 Å². The van der Waals surface area contributed by atoms with Gasteiger partial charge in [0.15, 0.2) is 0 Å². The molecule has 8 heteroatoms. The van der Waals surface area contributed by atoms with Crippen molar-refractivity contribution in [3.63, 3.8) is 0 Å². The topological polar surface area (TPSA) is 69.7 Å². The summed E-state index contributed by atoms with van der Waals surface area (Å²) < 4.78 is 27.5. The molecule has 3 rings (SSSR count). The Morgan fingerprint density at radius 1 is 1.07 bits per heavy atom. The van der Waals surface area contributed by atoms with Crippen LogP contribution in [0.2, 0.25) is 5.02 Å². The van der Waals surface area contributed by atoms with E-state index in [0.29, 0.717) is 31.2 Å². The minimum absolute atomic E-state index is 0.156. The number of nitrogens with zero attached hydrogens (tertiary/aromatic N) is 2. The molecule has 0 unspecified atom stereocenters. The van der Waals surface area contributed by atoms with E-state index in [1.165, 1.54) is 0 Å². The average molecular weight is 422 g/mol. The molecule has 150 valence electrons. The Morgan fingerprint density at radius 2 is 1.71 bits per heavy atom. The van der Waals surface area contributed by atoms with Crippen molar-refractivity contribution >= 4 is 33.2 Å². The largest absolute Gasteiger partial charge is 0.368 e. The highest BCUT2D eigenvalue weighted by Crippen LogP contribution is 2.21. The van der Waals surface area contributed by atoms with Gasteiger partial charge in [0.1, 0.15) is 0 Å². The zero-order valence-electron chi connectivity index (χ0n) is 15.9. The molecule has 2 aromatic carbocycles. The summed E-state index contributed by atoms with van der Waals surface area (Å²) in [5.41, 5.74) is 1.99. The maximum atomic E-state index is 12.7. The van der Waals surface area contributed by atoms with Crippen LogP contribution in [0.4, 0.5) is 5.69 Å². The van der Waals surface area contributed by atoms with E-state index in [1.807, 2.05) is 31.2 Å². The second-order valence-electron chi connectivity index (χ2n) is 6.95. The van der Waals surface area contributed by atoms with E-state index in [-0.39, 0.29) is 10.8 Å². The highest BCUT2D eigenvalue weighted by Gasteiger charge is 2.28. The molecular formula is C20H24ClN3O3S. The Morgan fingerprint density at radius 3 is 2.32 bits per heavy atom. The lowest BCUT2D eigenvalue weighted by molar-refractivity contribution is -0.132. The number of amides is 1. The number of sulfonamides is 1. The summed E-state index contributed by atoms with van der Waals surface area (Å²) in [6.45, 7) is 5.87. The molecule has 0 saturated carbocycles. The number of benzene rings is 2. The number of rotatable bonds is 5. The molecule has 1 aliphatic heterocycles. The molecule has 28 heavy (non-hydrogen) atoms. The molecule has 1 atom stereocenters. The first-order valence-corrected chi connectivity index (χ1v) is 11.0. The Kier molecular flexibility index (Phi) is 6.27. The SMILES string of the molecule is Cc1ccc(S(=O)(=O)N[C@@H](C)C(=O)N2CCN(c3cccc(Cl)c3)CC2)cc1. The zero-order chi connectivity index (χ0) is 20.3. The van der Waals surface area contributed by atoms with E-state index in [9.17, 15) is 13.2 Å². The van der Waals surface area contributed by atoms with Crippen LogP contribution in [0.15, 0.2) is 53.4 Å². The van der Waals surface area contributed by atoms with Crippen molar-refractivity contribution in [1.29, 1.82) is 0 Å². The summed E-state index contributed by atoms with van der Waals surface area (Å²) in [4.78, 5) is 16.7. The number of carbonyl (C=O) groups excluding carboxylic acids is 1. The normalized spacial score (nSPS) is 16.1. The first kappa shape index (κ1) is 20.6. The van der Waals surface area contributed by atoms with E-state index < -0.39 is 16.1 Å². The lowest BCUT2D eigenvalue weighted by Crippen LogP contribution is -2.54. The second kappa shape index (κ2) is 8.51. The molecule has 0 aromatic heterocycles. The summed E-state index contributed by atoms with van der Waals surface area (Å²) in [5.74, 6) is -0.221. The molecule has 0 bridgehead atoms. The Balaban J connectivity index is 1.59. The van der Waals surface area contributed by atoms with Gasteiger partial charge >= 0.3 is 0 Å². The van der Waals surface area contributed by atoms with Gasteiger partial charge in [-0.2, -0.15) is 4.72 Å². The minimum atomic E-state index is -3.74. The summed E-state index contributed by atoms with van der Waals surface area (Å²) in [6.07, 6.45) is 0. The fourth-order valence-electron chi connectivity index (χ4n) is 3.20. The number of hydrogen-bond donors (Lipinski definition) is 1. The molecule has 1 amide bonds. The highest BCUT2D eigenvalue weighted by atomic mass is 35.5. The maximum Gasteiger partial charge on any atom is 0.241 e. The van der Waals surface area contributed by atoms with Crippen LogP contribution in [-0.2, 0) is 14.8 Å². The Labute approximate surface area is 171 Å². The first-order valence-electron chi connectivity index (χ1n) is 9.14. The van der Waals surface area contributed by atoms with Crippen LogP contribution in [0.25, 0.3) is 0 Å². The predicted molar refractivity (Wildman–Crippen MR) is 111 cm³/mol. The molecule has 1 saturated heterocycles. The molecule has 0 radical (unpaired) electrons. The van der Waals surface area contributed by atoms with Crippen molar-refractivity contribution in [2.24, 2.45) is 0 Å². The smallest absolute Gasteiger partial charge is 0.241 e. The number of halogens is 1. The summed E-state index contributed by atoms with van der Waals surface area (Å²) >= 11 is 6.05. The Bertz CT molecular complexity index is 939. The van der Waals surface area contributed by atoms with Crippen molar-refractivity contribution in [2.45, 2.75) is 24.8 Å². The van der Waals surface area contributed by atoms with Crippen molar-refractivity contribution in [3.8, 4) is 0 Å². The van der Waals surface area contributed by atoms with Crippen LogP contribution in [0.3, 0.4) is 0 Å². The number of aryl methyl sites for hydroxylation is 1. The van der Waals surface area contributed by atoms with Gasteiger partial charge < -0.3 is 9.80 Å². The van der Waals surface area contributed by atoms with Crippen molar-refractivity contribution < 1.29 is 13.2 Å². The van der Waals surface area contributed by atoms with Gasteiger partial charge in [-0.1, -0.05) is 35.4 Å². The van der Waals surface area contributed by atoms with Gasteiger partial charge in [-0.3, -0.25) is 4.79 Å². The second-order valence-corrected chi connectivity index (χ2v) is 9.10. The number of piperazine rings is 1. The molecule has 6 nitrogen and oxygen atoms in total. The lowest BCUT2D eigenvalue weighted by atomic mass is 10.2. The van der Waals surface area contributed by atoms with E-state index in [1.54, 1.807) is 36.1 Å². The van der Waals surface area contributed by atoms with Gasteiger partial charge in [-0.05, 0) is 44.2 Å². The molecule has 1 aliphatic rings. The van der Waals surface area contributed by atoms with Crippen molar-refractivity contribution in [2.75, 3.05) is 31.1 Å². The predicted octanol–water partition coefficient (Wildman–Crippen LogP) is 2.66. The molecule has 1 fully saturated rings. The molecule has 2 aromatic rings. The van der Waals surface area contributed by atoms with Crippen LogP contribution in [0.1, 0.15) is 12.5 Å². The standard InChI is InChI=1S/C20H24ClN3O3S/c1-15-6-8-19(9-7-15)28(26,27)22-16(2)20(25)24-12-10-23(11-13-24)18-5-3-4-17(21)14-18/h3-9,14,16,22H,10-13H2,1-2H3/t16-/m0/s1. The quantitative estimate of drug-likeness (QED) is 0.805. The van der Waals surface area contributed by atoms with Gasteiger partial charge in [0.05, 0.1) is 10.9 Å². The number of anilines is 1. The van der Waals surface area contributed by atoms with Gasteiger partial charge in [0.25, 0.3) is 0 Å². The number of nitrogens with one attached hydrogen (secondary N) is 1. The fraction of sp³-hybridized carbons (Fsp3) is 0.350. The van der Waals surface area contributed by atoms with Crippen LogP contribution in [-0.4, -0.2) is 51.4 Å². The molecule has 0 spiro atoms. The summed E-state index contributed by atoms with van der Waals surface area (Å²) in [7, 11) is -3.74. The lowest BCUT2D eigenvalue weighted by Gasteiger charge is -2.37. The van der Waals surface area contributed by atoms with Crippen LogP contribution in [0, 0.1) is 6.92 Å². The van der Waals surface area contributed by atoms with Gasteiger partial charge in [0.2, 0.25) is 15.9 Å². The highest BCUT2D eigenvalue weighted by molar-refractivity contribution is 7.89. The third-order valence-electron chi connectivity index (χ3n) is 4.80. The van der Waals surface area contributed by atoms with E-state index in [4.69, 9.17) is 11.6 Å². The minimum Gasteiger partial charge on any atom is -0.368 e. The van der Waals surface area contributed by atoms with E-state index in [0.717, 1.165) is 11.3 Å². The van der Waals surface area contributed by atoms with Crippen molar-refractivity contribution in [3.05, 3.63) is 59.1 Å². The number of hydrogen-bond acceptors (Lipinski definition) is 4. The van der Waals surface area contributed by atoms with Gasteiger partial charge in [-0.15, -0.1) is 0 Å². The number of carbonyl (C=O) groups is 1. The van der Waals surface area contributed by atoms with Gasteiger partial charge in [-0.25, -0.2) is 8.42 Å². The van der Waals surface area contributed by atoms with E-state index in [2.05, 4.69) is 9.62 Å². The molecule has 1 N–H and O–H groups in total. The molecule has 0 aliphatic carbocycles. The summed E-state index contributed by atoms with van der Waals surface area (Å²) in [6, 6.07) is 13.3. The Hall–Kier alpha value is -2.09. The van der Waals surface area contributed by atoms with Crippen LogP contribution >= 0.6 is 11.6 Å². The summed E-state index contributed by atoms with van der Waals surface area (Å²) in [5, 5.41) is 0.676. The first-order chi connectivity index (χ1) is 13.3. The zero-order valence-corrected chi connectivity index (χ0v) is 17.5. The average Bonchev–Trinajstić information content (AvgIpc) is 2.67. The third-order valence-corrected chi connectivity index (χ3v) is 6.59. The molecular weight excluding hydrogens is 398 g/mol. The maximum absolute atomic E-state index is 12.7. The van der Waals surface area contributed by atoms with E-state index >= 15 is 0 Å². The monoisotopic (exact) mass is 421 g/mol. The fourth-order valence-corrected chi connectivity index (χ4v) is 4.58.